The van der Waals surface area contributed by atoms with Gasteiger partial charge in [-0.1, -0.05) is 36.4 Å². The van der Waals surface area contributed by atoms with E-state index in [1.807, 2.05) is 35.2 Å². The zero-order valence-electron chi connectivity index (χ0n) is 16.0. The van der Waals surface area contributed by atoms with Crippen molar-refractivity contribution in [3.8, 4) is 5.75 Å². The second-order valence-electron chi connectivity index (χ2n) is 6.78. The molecular weight excluding hydrogens is 387 g/mol. The molecule has 0 saturated carbocycles. The molecule has 0 aliphatic rings. The number of hydrogen-bond donors (Lipinski definition) is 1. The van der Waals surface area contributed by atoms with Gasteiger partial charge < -0.3 is 19.2 Å². The molecule has 0 unspecified atom stereocenters. The van der Waals surface area contributed by atoms with Gasteiger partial charge in [0.25, 0.3) is 6.01 Å². The van der Waals surface area contributed by atoms with Gasteiger partial charge in [-0.15, -0.1) is 0 Å². The summed E-state index contributed by atoms with van der Waals surface area (Å²) in [5.41, 5.74) is 3.21. The highest BCUT2D eigenvalue weighted by Gasteiger charge is 2.16. The van der Waals surface area contributed by atoms with E-state index in [4.69, 9.17) is 14.3 Å². The van der Waals surface area contributed by atoms with E-state index >= 15 is 0 Å². The van der Waals surface area contributed by atoms with Gasteiger partial charge in [-0.2, -0.15) is 4.98 Å². The maximum absolute atomic E-state index is 13.3. The zero-order valence-corrected chi connectivity index (χ0v) is 16.0. The number of fused-ring (bicyclic) bond motifs is 1. The largest absolute Gasteiger partial charge is 0.482 e. The number of aromatic nitrogens is 1. The topological polar surface area (TPSA) is 75.8 Å². The predicted molar refractivity (Wildman–Crippen MR) is 110 cm³/mol. The Hall–Kier alpha value is -3.87. The molecule has 152 valence electrons. The number of carboxylic acid groups (broad SMARTS) is 1. The maximum atomic E-state index is 13.3. The molecule has 0 amide bonds. The molecule has 4 rings (SSSR count). The average molecular weight is 406 g/mol. The molecule has 1 aromatic heterocycles. The molecule has 4 aromatic rings. The monoisotopic (exact) mass is 406 g/mol. The average Bonchev–Trinajstić information content (AvgIpc) is 3.18. The van der Waals surface area contributed by atoms with Gasteiger partial charge in [-0.25, -0.2) is 9.18 Å². The van der Waals surface area contributed by atoms with Crippen LogP contribution in [0.25, 0.3) is 11.1 Å². The summed E-state index contributed by atoms with van der Waals surface area (Å²) in [6.45, 7) is 0.482. The van der Waals surface area contributed by atoms with Crippen LogP contribution in [0.5, 0.6) is 5.75 Å². The Morgan fingerprint density at radius 3 is 2.53 bits per heavy atom. The molecule has 7 heteroatoms. The lowest BCUT2D eigenvalue weighted by molar-refractivity contribution is -0.139. The molecule has 0 radical (unpaired) electrons. The summed E-state index contributed by atoms with van der Waals surface area (Å²) in [4.78, 5) is 17.3. The second-order valence-corrected chi connectivity index (χ2v) is 6.78. The van der Waals surface area contributed by atoms with Gasteiger partial charge >= 0.3 is 5.97 Å². The molecule has 0 spiro atoms. The molecule has 1 N–H and O–H groups in total. The number of carboxylic acids is 1. The van der Waals surface area contributed by atoms with Crippen LogP contribution in [0.15, 0.2) is 77.2 Å². The highest BCUT2D eigenvalue weighted by atomic mass is 19.1. The third kappa shape index (κ3) is 4.75. The predicted octanol–water partition coefficient (Wildman–Crippen LogP) is 4.64. The number of rotatable bonds is 8. The van der Waals surface area contributed by atoms with Crippen LogP contribution in [0.4, 0.5) is 10.4 Å². The van der Waals surface area contributed by atoms with E-state index in [0.29, 0.717) is 30.4 Å². The first-order valence-electron chi connectivity index (χ1n) is 9.35. The summed E-state index contributed by atoms with van der Waals surface area (Å²) in [7, 11) is 0. The number of carbonyl (C=O) groups is 1. The third-order valence-corrected chi connectivity index (χ3v) is 4.47. The van der Waals surface area contributed by atoms with Crippen LogP contribution in [0.3, 0.4) is 0 Å². The van der Waals surface area contributed by atoms with E-state index in [1.54, 1.807) is 30.3 Å². The van der Waals surface area contributed by atoms with Gasteiger partial charge in [-0.05, 0) is 47.5 Å². The number of nitrogens with zero attached hydrogens (tertiary/aromatic N) is 2. The lowest BCUT2D eigenvalue weighted by atomic mass is 10.1. The smallest absolute Gasteiger partial charge is 0.341 e. The minimum Gasteiger partial charge on any atom is -0.482 e. The van der Waals surface area contributed by atoms with Gasteiger partial charge in [0.1, 0.15) is 17.1 Å². The van der Waals surface area contributed by atoms with Gasteiger partial charge in [0.15, 0.2) is 12.2 Å². The van der Waals surface area contributed by atoms with Crippen molar-refractivity contribution < 1.29 is 23.4 Å². The standard InChI is InChI=1S/C23H19FN2O4/c24-18-10-8-16(9-11-18)13-26(23-25-20-6-1-2-7-21(20)30-23)14-17-4-3-5-19(12-17)29-15-22(27)28/h1-12H,13-15H2,(H,27,28). The third-order valence-electron chi connectivity index (χ3n) is 4.47. The van der Waals surface area contributed by atoms with Gasteiger partial charge in [0, 0.05) is 13.1 Å². The molecule has 0 bridgehead atoms. The minimum atomic E-state index is -1.04. The summed E-state index contributed by atoms with van der Waals surface area (Å²) in [6.07, 6.45) is 0. The Morgan fingerprint density at radius 2 is 1.77 bits per heavy atom. The lowest BCUT2D eigenvalue weighted by Gasteiger charge is -2.21. The quantitative estimate of drug-likeness (QED) is 0.460. The SMILES string of the molecule is O=C(O)COc1cccc(CN(Cc2ccc(F)cc2)c2nc3ccccc3o2)c1. The van der Waals surface area contributed by atoms with Crippen LogP contribution >= 0.6 is 0 Å². The number of anilines is 1. The number of aliphatic carboxylic acids is 1. The summed E-state index contributed by atoms with van der Waals surface area (Å²) in [6, 6.07) is 21.4. The summed E-state index contributed by atoms with van der Waals surface area (Å²) < 4.78 is 24.5. The van der Waals surface area contributed by atoms with Crippen LogP contribution in [-0.4, -0.2) is 22.7 Å². The molecule has 1 heterocycles. The first-order valence-corrected chi connectivity index (χ1v) is 9.35. The number of benzene rings is 3. The molecule has 0 aliphatic heterocycles. The van der Waals surface area contributed by atoms with Crippen molar-refractivity contribution in [1.29, 1.82) is 0 Å². The molecule has 0 aliphatic carbocycles. The molecule has 0 saturated heterocycles. The highest BCUT2D eigenvalue weighted by molar-refractivity contribution is 5.74. The van der Waals surface area contributed by atoms with E-state index < -0.39 is 12.6 Å². The summed E-state index contributed by atoms with van der Waals surface area (Å²) >= 11 is 0. The summed E-state index contributed by atoms with van der Waals surface area (Å²) in [5, 5.41) is 8.81. The fourth-order valence-corrected chi connectivity index (χ4v) is 3.10. The lowest BCUT2D eigenvalue weighted by Crippen LogP contribution is -2.22. The Balaban J connectivity index is 1.62. The van der Waals surface area contributed by atoms with Crippen molar-refractivity contribution in [2.75, 3.05) is 11.5 Å². The van der Waals surface area contributed by atoms with Crippen molar-refractivity contribution in [2.24, 2.45) is 0 Å². The summed E-state index contributed by atoms with van der Waals surface area (Å²) in [5.74, 6) is -0.866. The molecular formula is C23H19FN2O4. The Morgan fingerprint density at radius 1 is 1.00 bits per heavy atom. The number of oxazole rings is 1. The maximum Gasteiger partial charge on any atom is 0.341 e. The van der Waals surface area contributed by atoms with E-state index in [2.05, 4.69) is 4.98 Å². The Kier molecular flexibility index (Phi) is 5.61. The van der Waals surface area contributed by atoms with E-state index in [-0.39, 0.29) is 5.82 Å². The van der Waals surface area contributed by atoms with Crippen molar-refractivity contribution in [2.45, 2.75) is 13.1 Å². The molecule has 3 aromatic carbocycles. The van der Waals surface area contributed by atoms with E-state index in [0.717, 1.165) is 16.6 Å². The van der Waals surface area contributed by atoms with Crippen molar-refractivity contribution >= 4 is 23.1 Å². The van der Waals surface area contributed by atoms with Gasteiger partial charge in [0.2, 0.25) is 0 Å². The van der Waals surface area contributed by atoms with Crippen LogP contribution in [0.2, 0.25) is 0 Å². The van der Waals surface area contributed by atoms with Crippen molar-refractivity contribution in [1.82, 2.24) is 4.98 Å². The van der Waals surface area contributed by atoms with Crippen LogP contribution in [0.1, 0.15) is 11.1 Å². The Labute approximate surface area is 172 Å². The van der Waals surface area contributed by atoms with Gasteiger partial charge in [0.05, 0.1) is 0 Å². The normalized spacial score (nSPS) is 10.8. The van der Waals surface area contributed by atoms with E-state index in [9.17, 15) is 9.18 Å². The van der Waals surface area contributed by atoms with Crippen LogP contribution in [-0.2, 0) is 17.9 Å². The molecule has 6 nitrogen and oxygen atoms in total. The van der Waals surface area contributed by atoms with Gasteiger partial charge in [-0.3, -0.25) is 0 Å². The van der Waals surface area contributed by atoms with Crippen LogP contribution in [0, 0.1) is 5.82 Å². The number of hydrogen-bond acceptors (Lipinski definition) is 5. The fraction of sp³-hybridized carbons (Fsp3) is 0.130. The second kappa shape index (κ2) is 8.65. The van der Waals surface area contributed by atoms with Crippen molar-refractivity contribution in [3.63, 3.8) is 0 Å². The van der Waals surface area contributed by atoms with Crippen molar-refractivity contribution in [3.05, 3.63) is 89.7 Å². The highest BCUT2D eigenvalue weighted by Crippen LogP contribution is 2.26. The number of halogens is 1. The zero-order chi connectivity index (χ0) is 20.9. The van der Waals surface area contributed by atoms with E-state index in [1.165, 1.54) is 12.1 Å². The molecule has 30 heavy (non-hydrogen) atoms. The molecule has 0 atom stereocenters. The minimum absolute atomic E-state index is 0.296. The number of ether oxygens (including phenoxy) is 1. The Bertz CT molecular complexity index is 1120. The number of para-hydroxylation sites is 2. The fourth-order valence-electron chi connectivity index (χ4n) is 3.10. The first-order chi connectivity index (χ1) is 14.6. The first kappa shape index (κ1) is 19.4. The van der Waals surface area contributed by atoms with Crippen LogP contribution < -0.4 is 9.64 Å². The molecule has 0 fully saturated rings.